The normalized spacial score (nSPS) is 15.7. The van der Waals surface area contributed by atoms with Gasteiger partial charge in [0.25, 0.3) is 0 Å². The first-order valence-corrected chi connectivity index (χ1v) is 9.58. The van der Waals surface area contributed by atoms with Crippen LogP contribution in [0.2, 0.25) is 0 Å². The molecule has 0 radical (unpaired) electrons. The van der Waals surface area contributed by atoms with Gasteiger partial charge in [0, 0.05) is 30.6 Å². The second-order valence-electron chi connectivity index (χ2n) is 6.98. The molecule has 1 N–H and O–H groups in total. The zero-order valence-corrected chi connectivity index (χ0v) is 17.1. The van der Waals surface area contributed by atoms with E-state index < -0.39 is 0 Å². The lowest BCUT2D eigenvalue weighted by atomic mass is 10.1. The number of carbonyl (C=O) groups excluding carboxylic acids is 1. The van der Waals surface area contributed by atoms with E-state index >= 15 is 0 Å². The quantitative estimate of drug-likeness (QED) is 0.641. The molecule has 1 saturated heterocycles. The van der Waals surface area contributed by atoms with E-state index in [-0.39, 0.29) is 11.8 Å². The maximum atomic E-state index is 11.5. The van der Waals surface area contributed by atoms with Crippen LogP contribution in [0.15, 0.2) is 36.5 Å². The van der Waals surface area contributed by atoms with Crippen LogP contribution < -0.4 is 24.3 Å². The average Bonchev–Trinajstić information content (AvgIpc) is 3.21. The van der Waals surface area contributed by atoms with Crippen LogP contribution in [0.3, 0.4) is 0 Å². The SMILES string of the molecule is COc1cc(-c2cc3ncccc3c(OCC3CNC(=O)C3)n2)cc(OC)c1OC. The molecule has 2 aromatic heterocycles. The van der Waals surface area contributed by atoms with E-state index in [9.17, 15) is 4.79 Å². The van der Waals surface area contributed by atoms with Crippen molar-refractivity contribution in [3.8, 4) is 34.4 Å². The molecule has 1 aliphatic rings. The van der Waals surface area contributed by atoms with Crippen LogP contribution in [0.25, 0.3) is 22.2 Å². The van der Waals surface area contributed by atoms with Gasteiger partial charge in [0.15, 0.2) is 11.5 Å². The van der Waals surface area contributed by atoms with Gasteiger partial charge >= 0.3 is 0 Å². The lowest BCUT2D eigenvalue weighted by Crippen LogP contribution is -2.17. The van der Waals surface area contributed by atoms with Gasteiger partial charge < -0.3 is 24.3 Å². The van der Waals surface area contributed by atoms with Crippen molar-refractivity contribution < 1.29 is 23.7 Å². The first kappa shape index (κ1) is 19.8. The Kier molecular flexibility index (Phi) is 5.56. The predicted octanol–water partition coefficient (Wildman–Crippen LogP) is 2.84. The summed E-state index contributed by atoms with van der Waals surface area (Å²) < 4.78 is 22.4. The van der Waals surface area contributed by atoms with Crippen LogP contribution in [-0.4, -0.2) is 50.4 Å². The average molecular weight is 409 g/mol. The fourth-order valence-corrected chi connectivity index (χ4v) is 3.51. The van der Waals surface area contributed by atoms with Crippen LogP contribution in [-0.2, 0) is 4.79 Å². The zero-order valence-electron chi connectivity index (χ0n) is 17.1. The van der Waals surface area contributed by atoms with Crippen molar-refractivity contribution in [1.82, 2.24) is 15.3 Å². The number of hydrogen-bond acceptors (Lipinski definition) is 7. The highest BCUT2D eigenvalue weighted by atomic mass is 16.5. The first-order chi connectivity index (χ1) is 14.6. The molecular weight excluding hydrogens is 386 g/mol. The Hall–Kier alpha value is -3.55. The second kappa shape index (κ2) is 8.44. The van der Waals surface area contributed by atoms with Crippen molar-refractivity contribution in [3.05, 3.63) is 36.5 Å². The number of hydrogen-bond donors (Lipinski definition) is 1. The van der Waals surface area contributed by atoms with Crippen molar-refractivity contribution >= 4 is 16.8 Å². The Bertz CT molecular complexity index is 1060. The summed E-state index contributed by atoms with van der Waals surface area (Å²) in [5.74, 6) is 2.23. The maximum Gasteiger partial charge on any atom is 0.223 e. The van der Waals surface area contributed by atoms with Gasteiger partial charge in [0.2, 0.25) is 17.5 Å². The molecule has 4 rings (SSSR count). The Morgan fingerprint density at radius 2 is 1.87 bits per heavy atom. The lowest BCUT2D eigenvalue weighted by Gasteiger charge is -2.16. The van der Waals surface area contributed by atoms with Gasteiger partial charge in [-0.2, -0.15) is 0 Å². The van der Waals surface area contributed by atoms with Gasteiger partial charge in [0.05, 0.1) is 44.5 Å². The molecular formula is C22H23N3O5. The van der Waals surface area contributed by atoms with E-state index in [2.05, 4.69) is 10.3 Å². The standard InChI is InChI=1S/C22H23N3O5/c1-27-18-8-14(9-19(28-2)21(18)29-3)16-10-17-15(5-4-6-23-17)22(25-16)30-12-13-7-20(26)24-11-13/h4-6,8-10,13H,7,11-12H2,1-3H3,(H,24,26). The summed E-state index contributed by atoms with van der Waals surface area (Å²) in [5, 5.41) is 3.64. The Balaban J connectivity index is 1.75. The highest BCUT2D eigenvalue weighted by Crippen LogP contribution is 2.41. The number of nitrogens with zero attached hydrogens (tertiary/aromatic N) is 2. The summed E-state index contributed by atoms with van der Waals surface area (Å²) in [4.78, 5) is 20.7. The lowest BCUT2D eigenvalue weighted by molar-refractivity contribution is -0.119. The molecule has 156 valence electrons. The number of nitrogens with one attached hydrogen (secondary N) is 1. The van der Waals surface area contributed by atoms with Crippen molar-refractivity contribution in [2.24, 2.45) is 5.92 Å². The smallest absolute Gasteiger partial charge is 0.223 e. The molecule has 8 heteroatoms. The predicted molar refractivity (Wildman–Crippen MR) is 111 cm³/mol. The molecule has 0 spiro atoms. The molecule has 1 atom stereocenters. The van der Waals surface area contributed by atoms with Crippen LogP contribution in [0, 0.1) is 5.92 Å². The molecule has 8 nitrogen and oxygen atoms in total. The Morgan fingerprint density at radius 1 is 1.10 bits per heavy atom. The van der Waals surface area contributed by atoms with Crippen molar-refractivity contribution in [1.29, 1.82) is 0 Å². The number of aromatic nitrogens is 2. The molecule has 1 amide bonds. The summed E-state index contributed by atoms with van der Waals surface area (Å²) in [5.41, 5.74) is 2.20. The third-order valence-corrected chi connectivity index (χ3v) is 5.04. The molecule has 3 heterocycles. The zero-order chi connectivity index (χ0) is 21.1. The molecule has 1 aromatic carbocycles. The summed E-state index contributed by atoms with van der Waals surface area (Å²) >= 11 is 0. The Labute approximate surface area is 174 Å². The Morgan fingerprint density at radius 3 is 2.50 bits per heavy atom. The number of fused-ring (bicyclic) bond motifs is 1. The van der Waals surface area contributed by atoms with E-state index in [0.29, 0.717) is 48.4 Å². The minimum absolute atomic E-state index is 0.0502. The third-order valence-electron chi connectivity index (χ3n) is 5.04. The molecule has 0 saturated carbocycles. The van der Waals surface area contributed by atoms with E-state index in [4.69, 9.17) is 23.9 Å². The van der Waals surface area contributed by atoms with Crippen LogP contribution >= 0.6 is 0 Å². The van der Waals surface area contributed by atoms with Gasteiger partial charge in [0.1, 0.15) is 0 Å². The monoisotopic (exact) mass is 409 g/mol. The number of amides is 1. The summed E-state index contributed by atoms with van der Waals surface area (Å²) in [6, 6.07) is 9.32. The van der Waals surface area contributed by atoms with E-state index in [1.54, 1.807) is 27.5 Å². The molecule has 1 aliphatic heterocycles. The van der Waals surface area contributed by atoms with Crippen LogP contribution in [0.1, 0.15) is 6.42 Å². The van der Waals surface area contributed by atoms with E-state index in [1.165, 1.54) is 0 Å². The van der Waals surface area contributed by atoms with E-state index in [1.807, 2.05) is 30.3 Å². The van der Waals surface area contributed by atoms with Gasteiger partial charge in [-0.15, -0.1) is 0 Å². The number of rotatable bonds is 7. The molecule has 0 bridgehead atoms. The van der Waals surface area contributed by atoms with Gasteiger partial charge in [-0.3, -0.25) is 9.78 Å². The van der Waals surface area contributed by atoms with Gasteiger partial charge in [-0.05, 0) is 30.3 Å². The molecule has 1 unspecified atom stereocenters. The maximum absolute atomic E-state index is 11.5. The third kappa shape index (κ3) is 3.80. The highest BCUT2D eigenvalue weighted by Gasteiger charge is 2.23. The summed E-state index contributed by atoms with van der Waals surface area (Å²) in [6.07, 6.45) is 2.19. The number of pyridine rings is 2. The van der Waals surface area contributed by atoms with Crippen molar-refractivity contribution in [2.45, 2.75) is 6.42 Å². The molecule has 0 aliphatic carbocycles. The largest absolute Gasteiger partial charge is 0.493 e. The number of benzene rings is 1. The van der Waals surface area contributed by atoms with Crippen LogP contribution in [0.5, 0.6) is 23.1 Å². The first-order valence-electron chi connectivity index (χ1n) is 9.58. The molecule has 3 aromatic rings. The number of methoxy groups -OCH3 is 3. The van der Waals surface area contributed by atoms with Crippen molar-refractivity contribution in [2.75, 3.05) is 34.5 Å². The topological polar surface area (TPSA) is 91.8 Å². The number of carbonyl (C=O) groups is 1. The second-order valence-corrected chi connectivity index (χ2v) is 6.98. The summed E-state index contributed by atoms with van der Waals surface area (Å²) in [6.45, 7) is 1.01. The van der Waals surface area contributed by atoms with Gasteiger partial charge in [-0.25, -0.2) is 4.98 Å². The van der Waals surface area contributed by atoms with Gasteiger partial charge in [-0.1, -0.05) is 0 Å². The fraction of sp³-hybridized carbons (Fsp3) is 0.318. The fourth-order valence-electron chi connectivity index (χ4n) is 3.51. The highest BCUT2D eigenvalue weighted by molar-refractivity contribution is 5.87. The van der Waals surface area contributed by atoms with Crippen molar-refractivity contribution in [3.63, 3.8) is 0 Å². The minimum atomic E-state index is 0.0502. The molecule has 1 fully saturated rings. The molecule has 30 heavy (non-hydrogen) atoms. The van der Waals surface area contributed by atoms with E-state index in [0.717, 1.165) is 16.5 Å². The minimum Gasteiger partial charge on any atom is -0.493 e. The number of ether oxygens (including phenoxy) is 4. The summed E-state index contributed by atoms with van der Waals surface area (Å²) in [7, 11) is 4.71. The van der Waals surface area contributed by atoms with Crippen LogP contribution in [0.4, 0.5) is 0 Å².